The normalized spacial score (nSPS) is 11.8. The molecule has 192 valence electrons. The molecule has 1 N–H and O–H groups in total. The van der Waals surface area contributed by atoms with E-state index < -0.39 is 11.6 Å². The molecule has 0 aliphatic heterocycles. The molecule has 0 saturated heterocycles. The Bertz CT molecular complexity index is 1070. The number of rotatable bonds is 13. The maximum Gasteiger partial charge on any atom is 0.347 e. The summed E-state index contributed by atoms with van der Waals surface area (Å²) < 4.78 is 8.92. The highest BCUT2D eigenvalue weighted by Gasteiger charge is 2.29. The van der Waals surface area contributed by atoms with Gasteiger partial charge in [-0.05, 0) is 57.7 Å². The highest BCUT2D eigenvalue weighted by atomic mass is 16.5. The SMILES string of the molecule is C=C/C=C\C/C=C(\C)Cn1nc(CCc2cccc(OC(C)(C)C(=O)O)c2)n(CCC)c1=O.CC. The topological polar surface area (TPSA) is 86.3 Å². The van der Waals surface area contributed by atoms with E-state index in [-0.39, 0.29) is 5.69 Å². The fourth-order valence-electron chi connectivity index (χ4n) is 3.33. The molecule has 1 aromatic carbocycles. The second kappa shape index (κ2) is 14.8. The van der Waals surface area contributed by atoms with Crippen LogP contribution in [0, 0.1) is 0 Å². The van der Waals surface area contributed by atoms with Crippen LogP contribution < -0.4 is 10.4 Å². The lowest BCUT2D eigenvalue weighted by atomic mass is 10.1. The molecule has 0 amide bonds. The number of nitrogens with zero attached hydrogens (tertiary/aromatic N) is 3. The van der Waals surface area contributed by atoms with Crippen LogP contribution in [-0.2, 0) is 30.7 Å². The minimum absolute atomic E-state index is 0.0958. The van der Waals surface area contributed by atoms with Crippen molar-refractivity contribution < 1.29 is 14.6 Å². The Morgan fingerprint density at radius 2 is 1.97 bits per heavy atom. The van der Waals surface area contributed by atoms with Crippen LogP contribution in [0.2, 0.25) is 0 Å². The summed E-state index contributed by atoms with van der Waals surface area (Å²) in [7, 11) is 0. The second-order valence-corrected chi connectivity index (χ2v) is 8.52. The third-order valence-electron chi connectivity index (χ3n) is 5.14. The zero-order chi connectivity index (χ0) is 26.4. The van der Waals surface area contributed by atoms with Gasteiger partial charge >= 0.3 is 11.7 Å². The Hall–Kier alpha value is -3.35. The lowest BCUT2D eigenvalue weighted by Crippen LogP contribution is -2.37. The van der Waals surface area contributed by atoms with Crippen molar-refractivity contribution in [2.75, 3.05) is 0 Å². The number of carboxylic acids is 1. The van der Waals surface area contributed by atoms with Crippen molar-refractivity contribution in [2.24, 2.45) is 0 Å². The van der Waals surface area contributed by atoms with Gasteiger partial charge in [0.25, 0.3) is 0 Å². The molecular formula is C28H41N3O4. The van der Waals surface area contributed by atoms with E-state index >= 15 is 0 Å². The first-order valence-electron chi connectivity index (χ1n) is 12.3. The van der Waals surface area contributed by atoms with Gasteiger partial charge in [0.05, 0.1) is 6.54 Å². The molecule has 1 heterocycles. The van der Waals surface area contributed by atoms with Gasteiger partial charge in [-0.25, -0.2) is 14.3 Å². The molecule has 0 saturated carbocycles. The lowest BCUT2D eigenvalue weighted by Gasteiger charge is -2.21. The number of aliphatic carboxylic acids is 1. The van der Waals surface area contributed by atoms with Crippen molar-refractivity contribution in [3.8, 4) is 5.75 Å². The van der Waals surface area contributed by atoms with Gasteiger partial charge in [-0.15, -0.1) is 0 Å². The molecule has 0 bridgehead atoms. The van der Waals surface area contributed by atoms with Crippen molar-refractivity contribution in [2.45, 2.75) is 85.9 Å². The first kappa shape index (κ1) is 29.7. The maximum absolute atomic E-state index is 12.9. The molecule has 0 aliphatic rings. The van der Waals surface area contributed by atoms with Gasteiger partial charge < -0.3 is 9.84 Å². The molecule has 1 aromatic heterocycles. The smallest absolute Gasteiger partial charge is 0.347 e. The van der Waals surface area contributed by atoms with Crippen LogP contribution in [0.3, 0.4) is 0 Å². The molecule has 0 radical (unpaired) electrons. The Balaban J connectivity index is 0.00000298. The molecule has 2 rings (SSSR count). The number of aromatic nitrogens is 3. The Kier molecular flexibility index (Phi) is 12.6. The number of hydrogen-bond acceptors (Lipinski definition) is 4. The first-order valence-corrected chi connectivity index (χ1v) is 12.3. The summed E-state index contributed by atoms with van der Waals surface area (Å²) in [5.41, 5.74) is 0.654. The Morgan fingerprint density at radius 1 is 1.26 bits per heavy atom. The van der Waals surface area contributed by atoms with Gasteiger partial charge in [0.1, 0.15) is 11.6 Å². The number of aryl methyl sites for hydroxylation is 2. The van der Waals surface area contributed by atoms with Crippen molar-refractivity contribution in [3.05, 3.63) is 82.6 Å². The molecule has 2 aromatic rings. The van der Waals surface area contributed by atoms with E-state index in [1.54, 1.807) is 16.7 Å². The molecule has 0 aliphatic carbocycles. The number of allylic oxidation sites excluding steroid dienone is 5. The van der Waals surface area contributed by atoms with Crippen molar-refractivity contribution >= 4 is 5.97 Å². The maximum atomic E-state index is 12.9. The standard InChI is InChI=1S/C26H35N3O4.C2H6/c1-6-8-9-10-12-20(3)19-29-25(32)28(17-7-2)23(27-29)16-15-21-13-11-14-22(18-21)33-26(4,5)24(30)31;1-2/h6,8-9,11-14,18H,1,7,10,15-17,19H2,2-5H3,(H,30,31);1-2H3/b9-8-,20-12+;. The van der Waals surface area contributed by atoms with E-state index in [0.29, 0.717) is 31.7 Å². The summed E-state index contributed by atoms with van der Waals surface area (Å²) in [4.78, 5) is 24.2. The van der Waals surface area contributed by atoms with Crippen LogP contribution in [0.15, 0.2) is 65.5 Å². The monoisotopic (exact) mass is 483 g/mol. The largest absolute Gasteiger partial charge is 0.478 e. The summed E-state index contributed by atoms with van der Waals surface area (Å²) >= 11 is 0. The van der Waals surface area contributed by atoms with Gasteiger partial charge in [0.2, 0.25) is 0 Å². The summed E-state index contributed by atoms with van der Waals surface area (Å²) in [6, 6.07) is 7.39. The predicted octanol–water partition coefficient (Wildman–Crippen LogP) is 5.59. The molecule has 7 nitrogen and oxygen atoms in total. The van der Waals surface area contributed by atoms with Crippen molar-refractivity contribution in [1.29, 1.82) is 0 Å². The third kappa shape index (κ3) is 9.43. The van der Waals surface area contributed by atoms with E-state index in [9.17, 15) is 14.7 Å². The number of carbonyl (C=O) groups is 1. The van der Waals surface area contributed by atoms with E-state index in [1.807, 2.05) is 58.0 Å². The zero-order valence-electron chi connectivity index (χ0n) is 22.1. The van der Waals surface area contributed by atoms with Crippen LogP contribution in [0.1, 0.15) is 65.8 Å². The number of benzene rings is 1. The minimum atomic E-state index is -1.31. The fourth-order valence-corrected chi connectivity index (χ4v) is 3.33. The highest BCUT2D eigenvalue weighted by molar-refractivity contribution is 5.76. The average Bonchev–Trinajstić information content (AvgIpc) is 3.11. The van der Waals surface area contributed by atoms with Crippen LogP contribution >= 0.6 is 0 Å². The van der Waals surface area contributed by atoms with Crippen molar-refractivity contribution in [1.82, 2.24) is 14.3 Å². The molecular weight excluding hydrogens is 442 g/mol. The fraction of sp³-hybridized carbons (Fsp3) is 0.464. The van der Waals surface area contributed by atoms with Gasteiger partial charge in [0.15, 0.2) is 5.60 Å². The van der Waals surface area contributed by atoms with Crippen LogP contribution in [0.5, 0.6) is 5.75 Å². The van der Waals surface area contributed by atoms with Gasteiger partial charge in [-0.1, -0.05) is 69.4 Å². The summed E-state index contributed by atoms with van der Waals surface area (Å²) in [5.74, 6) is 0.226. The summed E-state index contributed by atoms with van der Waals surface area (Å²) in [6.45, 7) is 15.8. The number of hydrogen-bond donors (Lipinski definition) is 1. The Morgan fingerprint density at radius 3 is 2.60 bits per heavy atom. The minimum Gasteiger partial charge on any atom is -0.478 e. The molecule has 35 heavy (non-hydrogen) atoms. The molecule has 0 atom stereocenters. The van der Waals surface area contributed by atoms with E-state index in [4.69, 9.17) is 4.74 Å². The van der Waals surface area contributed by atoms with E-state index in [2.05, 4.69) is 17.8 Å². The summed E-state index contributed by atoms with van der Waals surface area (Å²) in [5, 5.41) is 13.9. The summed E-state index contributed by atoms with van der Waals surface area (Å²) in [6.07, 6.45) is 10.6. The van der Waals surface area contributed by atoms with Gasteiger partial charge in [-0.2, -0.15) is 5.10 Å². The van der Waals surface area contributed by atoms with Gasteiger partial charge in [0, 0.05) is 13.0 Å². The molecule has 7 heteroatoms. The van der Waals surface area contributed by atoms with Crippen LogP contribution in [-0.4, -0.2) is 31.0 Å². The highest BCUT2D eigenvalue weighted by Crippen LogP contribution is 2.21. The Labute approximate surface area is 209 Å². The predicted molar refractivity (Wildman–Crippen MR) is 142 cm³/mol. The average molecular weight is 484 g/mol. The third-order valence-corrected chi connectivity index (χ3v) is 5.14. The molecule has 0 spiro atoms. The van der Waals surface area contributed by atoms with Crippen molar-refractivity contribution in [3.63, 3.8) is 0 Å². The van der Waals surface area contributed by atoms with Gasteiger partial charge in [-0.3, -0.25) is 4.57 Å². The lowest BCUT2D eigenvalue weighted by molar-refractivity contribution is -0.152. The van der Waals surface area contributed by atoms with E-state index in [1.165, 1.54) is 18.5 Å². The van der Waals surface area contributed by atoms with Crippen LogP contribution in [0.25, 0.3) is 0 Å². The van der Waals surface area contributed by atoms with E-state index in [0.717, 1.165) is 29.8 Å². The molecule has 0 unspecified atom stereocenters. The first-order chi connectivity index (χ1) is 16.7. The number of ether oxygens (including phenoxy) is 1. The molecule has 0 fully saturated rings. The quantitative estimate of drug-likeness (QED) is 0.297. The van der Waals surface area contributed by atoms with Crippen LogP contribution in [0.4, 0.5) is 0 Å². The second-order valence-electron chi connectivity index (χ2n) is 8.52. The number of carboxylic acid groups (broad SMARTS) is 1. The zero-order valence-corrected chi connectivity index (χ0v) is 22.1.